The number of nitrogens with zero attached hydrogens (tertiary/aromatic N) is 4. The van der Waals surface area contributed by atoms with Crippen LogP contribution in [-0.4, -0.2) is 16.2 Å². The SMILES string of the molecule is CC(=Nc1c(C)cccc1C)n1[c-][n+](C(C)=Nc2c(C)cccc2C)cc1. The number of benzene rings is 2. The molecule has 0 fully saturated rings. The molecule has 1 heterocycles. The lowest BCUT2D eigenvalue weighted by atomic mass is 10.1. The van der Waals surface area contributed by atoms with Gasteiger partial charge in [-0.15, -0.1) is 4.99 Å². The lowest BCUT2D eigenvalue weighted by Gasteiger charge is -2.08. The van der Waals surface area contributed by atoms with E-state index in [1.54, 1.807) is 0 Å². The van der Waals surface area contributed by atoms with E-state index >= 15 is 0 Å². The van der Waals surface area contributed by atoms with Crippen LogP contribution in [0.15, 0.2) is 58.8 Å². The number of rotatable bonds is 2. The number of aliphatic imine (C=N–C) groups is 2. The van der Waals surface area contributed by atoms with Crippen LogP contribution in [0.25, 0.3) is 0 Å². The van der Waals surface area contributed by atoms with Gasteiger partial charge in [0.05, 0.1) is 5.69 Å². The zero-order valence-electron chi connectivity index (χ0n) is 16.9. The molecule has 0 aliphatic heterocycles. The van der Waals surface area contributed by atoms with Crippen LogP contribution in [-0.2, 0) is 0 Å². The van der Waals surface area contributed by atoms with Crippen molar-refractivity contribution in [3.05, 3.63) is 77.4 Å². The number of aromatic nitrogens is 2. The van der Waals surface area contributed by atoms with Crippen molar-refractivity contribution in [1.82, 2.24) is 4.57 Å². The van der Waals surface area contributed by atoms with Gasteiger partial charge in [-0.2, -0.15) is 0 Å². The highest BCUT2D eigenvalue weighted by atomic mass is 15.2. The van der Waals surface area contributed by atoms with Crippen molar-refractivity contribution in [2.75, 3.05) is 0 Å². The maximum atomic E-state index is 4.81. The quantitative estimate of drug-likeness (QED) is 0.267. The minimum absolute atomic E-state index is 0.867. The van der Waals surface area contributed by atoms with Crippen LogP contribution >= 0.6 is 0 Å². The average Bonchev–Trinajstić information content (AvgIpc) is 3.12. The third kappa shape index (κ3) is 4.05. The second kappa shape index (κ2) is 7.70. The van der Waals surface area contributed by atoms with Gasteiger partial charge in [0.1, 0.15) is 11.5 Å². The first-order valence-corrected chi connectivity index (χ1v) is 9.13. The van der Waals surface area contributed by atoms with E-state index in [0.717, 1.165) is 23.0 Å². The van der Waals surface area contributed by atoms with E-state index in [1.807, 2.05) is 35.4 Å². The second-order valence-electron chi connectivity index (χ2n) is 6.94. The molecule has 0 aliphatic carbocycles. The number of aryl methyl sites for hydroxylation is 4. The van der Waals surface area contributed by atoms with Gasteiger partial charge < -0.3 is 9.13 Å². The van der Waals surface area contributed by atoms with E-state index in [4.69, 9.17) is 9.98 Å². The van der Waals surface area contributed by atoms with Crippen LogP contribution in [0.2, 0.25) is 0 Å². The average molecular weight is 358 g/mol. The van der Waals surface area contributed by atoms with Crippen molar-refractivity contribution in [3.8, 4) is 0 Å². The van der Waals surface area contributed by atoms with Crippen LogP contribution in [0.5, 0.6) is 0 Å². The molecule has 0 spiro atoms. The van der Waals surface area contributed by atoms with Crippen molar-refractivity contribution in [3.63, 3.8) is 0 Å². The summed E-state index contributed by atoms with van der Waals surface area (Å²) < 4.78 is 3.80. The smallest absolute Gasteiger partial charge is 0.198 e. The van der Waals surface area contributed by atoms with Gasteiger partial charge >= 0.3 is 0 Å². The first kappa shape index (κ1) is 18.8. The number of para-hydroxylation sites is 2. The molecule has 2 aromatic carbocycles. The lowest BCUT2D eigenvalue weighted by molar-refractivity contribution is -0.559. The predicted molar refractivity (Wildman–Crippen MR) is 112 cm³/mol. The highest BCUT2D eigenvalue weighted by molar-refractivity contribution is 5.85. The Bertz CT molecular complexity index is 916. The normalized spacial score (nSPS) is 12.5. The fraction of sp³-hybridized carbons (Fsp3) is 0.261. The molecule has 1 aromatic heterocycles. The molecular weight excluding hydrogens is 332 g/mol. The molecule has 0 amide bonds. The third-order valence-corrected chi connectivity index (χ3v) is 4.70. The summed E-state index contributed by atoms with van der Waals surface area (Å²) in [7, 11) is 0. The van der Waals surface area contributed by atoms with Gasteiger partial charge in [-0.25, -0.2) is 0 Å². The fourth-order valence-electron chi connectivity index (χ4n) is 3.07. The molecule has 0 radical (unpaired) electrons. The van der Waals surface area contributed by atoms with E-state index in [1.165, 1.54) is 22.3 Å². The van der Waals surface area contributed by atoms with E-state index in [2.05, 4.69) is 70.4 Å². The fourth-order valence-corrected chi connectivity index (χ4v) is 3.07. The van der Waals surface area contributed by atoms with Crippen LogP contribution in [0, 0.1) is 34.0 Å². The minimum Gasteiger partial charge on any atom is -0.323 e. The Morgan fingerprint density at radius 1 is 0.815 bits per heavy atom. The summed E-state index contributed by atoms with van der Waals surface area (Å²) in [6.45, 7) is 12.3. The van der Waals surface area contributed by atoms with Crippen LogP contribution in [0.1, 0.15) is 36.1 Å². The zero-order valence-corrected chi connectivity index (χ0v) is 16.9. The lowest BCUT2D eigenvalue weighted by Crippen LogP contribution is -2.39. The van der Waals surface area contributed by atoms with Gasteiger partial charge in [-0.05, 0) is 63.8 Å². The summed E-state index contributed by atoms with van der Waals surface area (Å²) >= 11 is 0. The van der Waals surface area contributed by atoms with Gasteiger partial charge in [0, 0.05) is 12.4 Å². The van der Waals surface area contributed by atoms with Gasteiger partial charge in [0.25, 0.3) is 0 Å². The van der Waals surface area contributed by atoms with E-state index in [9.17, 15) is 0 Å². The van der Waals surface area contributed by atoms with E-state index < -0.39 is 0 Å². The maximum absolute atomic E-state index is 4.81. The first-order chi connectivity index (χ1) is 12.9. The largest absolute Gasteiger partial charge is 0.323 e. The zero-order chi connectivity index (χ0) is 19.6. The molecule has 0 atom stereocenters. The van der Waals surface area contributed by atoms with Crippen LogP contribution in [0.3, 0.4) is 0 Å². The molecule has 0 unspecified atom stereocenters. The number of hydrogen-bond acceptors (Lipinski definition) is 2. The Balaban J connectivity index is 1.92. The highest BCUT2D eigenvalue weighted by Crippen LogP contribution is 2.24. The molecule has 0 saturated heterocycles. The summed E-state index contributed by atoms with van der Waals surface area (Å²) in [5.74, 6) is 1.73. The highest BCUT2D eigenvalue weighted by Gasteiger charge is 2.07. The molecule has 138 valence electrons. The standard InChI is InChI=1S/C23H26N4/c1-16-9-7-10-17(2)22(16)24-20(5)26-13-14-27(15-26)21(6)25-23-18(3)11-8-12-19(23)4/h7-14H,1-6H3. The van der Waals surface area contributed by atoms with Crippen LogP contribution < -0.4 is 4.57 Å². The second-order valence-corrected chi connectivity index (χ2v) is 6.94. The summed E-state index contributed by atoms with van der Waals surface area (Å²) in [5, 5.41) is 0. The van der Waals surface area contributed by atoms with Crippen molar-refractivity contribution in [2.45, 2.75) is 41.5 Å². The Labute approximate surface area is 161 Å². The molecule has 0 N–H and O–H groups in total. The van der Waals surface area contributed by atoms with Crippen molar-refractivity contribution in [1.29, 1.82) is 0 Å². The molecule has 0 saturated carbocycles. The topological polar surface area (TPSA) is 33.5 Å². The predicted octanol–water partition coefficient (Wildman–Crippen LogP) is 5.01. The summed E-state index contributed by atoms with van der Waals surface area (Å²) in [6, 6.07) is 12.4. The van der Waals surface area contributed by atoms with Crippen molar-refractivity contribution >= 4 is 23.0 Å². The molecule has 27 heavy (non-hydrogen) atoms. The molecule has 0 bridgehead atoms. The van der Waals surface area contributed by atoms with Crippen LogP contribution in [0.4, 0.5) is 11.4 Å². The number of hydrogen-bond donors (Lipinski definition) is 0. The summed E-state index contributed by atoms with van der Waals surface area (Å²) in [6.07, 6.45) is 7.21. The third-order valence-electron chi connectivity index (χ3n) is 4.70. The Hall–Kier alpha value is -3.01. The molecule has 4 nitrogen and oxygen atoms in total. The Morgan fingerprint density at radius 2 is 1.30 bits per heavy atom. The maximum Gasteiger partial charge on any atom is 0.198 e. The summed E-state index contributed by atoms with van der Waals surface area (Å²) in [5.41, 5.74) is 6.71. The van der Waals surface area contributed by atoms with Crippen molar-refractivity contribution in [2.24, 2.45) is 9.98 Å². The molecule has 4 heteroatoms. The van der Waals surface area contributed by atoms with Gasteiger partial charge in [0.2, 0.25) is 0 Å². The minimum atomic E-state index is 0.867. The first-order valence-electron chi connectivity index (χ1n) is 9.13. The Kier molecular flexibility index (Phi) is 5.36. The van der Waals surface area contributed by atoms with E-state index in [-0.39, 0.29) is 0 Å². The van der Waals surface area contributed by atoms with E-state index in [0.29, 0.717) is 0 Å². The van der Waals surface area contributed by atoms with Gasteiger partial charge in [-0.1, -0.05) is 36.4 Å². The van der Waals surface area contributed by atoms with Crippen molar-refractivity contribution < 1.29 is 4.57 Å². The Morgan fingerprint density at radius 3 is 1.81 bits per heavy atom. The monoisotopic (exact) mass is 358 g/mol. The molecule has 3 aromatic rings. The van der Waals surface area contributed by atoms with Gasteiger partial charge in [0.15, 0.2) is 12.2 Å². The summed E-state index contributed by atoms with van der Waals surface area (Å²) in [4.78, 5) is 9.62. The molecule has 3 rings (SSSR count). The number of imidazole rings is 1. The molecule has 0 aliphatic rings. The molecular formula is C23H26N4. The van der Waals surface area contributed by atoms with Gasteiger partial charge in [-0.3, -0.25) is 4.99 Å².